The number of hydrogen-bond donors (Lipinski definition) is 4. The number of nitrogens with one attached hydrogen (secondary N) is 1. The molecule has 6 N–H and O–H groups in total. The van der Waals surface area contributed by atoms with Gasteiger partial charge in [-0.05, 0) is 18.2 Å². The molecule has 2 amide bonds. The molecule has 0 aliphatic heterocycles. The SMILES string of the molecule is NC(=O)CC(NC(=O)c1ccc(Br)cc1N)C(=O)O. The summed E-state index contributed by atoms with van der Waals surface area (Å²) >= 11 is 3.19. The lowest BCUT2D eigenvalue weighted by Gasteiger charge is -2.13. The molecule has 1 rings (SSSR count). The molecule has 0 aliphatic rings. The molecule has 1 aromatic carbocycles. The third-order valence-corrected chi connectivity index (χ3v) is 2.76. The number of amides is 2. The van der Waals surface area contributed by atoms with Crippen LogP contribution in [0.4, 0.5) is 5.69 Å². The molecular formula is C11H12BrN3O4. The monoisotopic (exact) mass is 329 g/mol. The van der Waals surface area contributed by atoms with Gasteiger partial charge in [-0.25, -0.2) is 4.79 Å². The predicted molar refractivity (Wildman–Crippen MR) is 71.3 cm³/mol. The molecule has 19 heavy (non-hydrogen) atoms. The van der Waals surface area contributed by atoms with E-state index in [0.717, 1.165) is 0 Å². The summed E-state index contributed by atoms with van der Waals surface area (Å²) in [6.45, 7) is 0. The third kappa shape index (κ3) is 4.25. The number of benzene rings is 1. The summed E-state index contributed by atoms with van der Waals surface area (Å²) in [5.41, 5.74) is 10.9. The van der Waals surface area contributed by atoms with Crippen molar-refractivity contribution in [2.45, 2.75) is 12.5 Å². The Hall–Kier alpha value is -2.09. The van der Waals surface area contributed by atoms with Crippen molar-refractivity contribution in [2.24, 2.45) is 5.73 Å². The number of rotatable bonds is 5. The van der Waals surface area contributed by atoms with Gasteiger partial charge in [-0.2, -0.15) is 0 Å². The number of hydrogen-bond acceptors (Lipinski definition) is 4. The zero-order chi connectivity index (χ0) is 14.6. The summed E-state index contributed by atoms with van der Waals surface area (Å²) in [5.74, 6) is -2.85. The Labute approximate surface area is 117 Å². The Balaban J connectivity index is 2.87. The highest BCUT2D eigenvalue weighted by Crippen LogP contribution is 2.18. The number of aliphatic carboxylic acids is 1. The molecule has 102 valence electrons. The molecule has 7 nitrogen and oxygen atoms in total. The Kier molecular flexibility index (Phi) is 4.87. The molecule has 0 spiro atoms. The van der Waals surface area contributed by atoms with Gasteiger partial charge in [0.15, 0.2) is 0 Å². The van der Waals surface area contributed by atoms with E-state index in [1.165, 1.54) is 12.1 Å². The lowest BCUT2D eigenvalue weighted by atomic mass is 10.1. The summed E-state index contributed by atoms with van der Waals surface area (Å²) in [5, 5.41) is 11.1. The van der Waals surface area contributed by atoms with Crippen LogP contribution in [0.25, 0.3) is 0 Å². The summed E-state index contributed by atoms with van der Waals surface area (Å²) in [6.07, 6.45) is -0.489. The van der Waals surface area contributed by atoms with Gasteiger partial charge in [0.25, 0.3) is 5.91 Å². The minimum absolute atomic E-state index is 0.124. The van der Waals surface area contributed by atoms with Gasteiger partial charge in [0.1, 0.15) is 6.04 Å². The molecule has 0 aromatic heterocycles. The first-order valence-electron chi connectivity index (χ1n) is 5.18. The van der Waals surface area contributed by atoms with Crippen LogP contribution in [0.1, 0.15) is 16.8 Å². The smallest absolute Gasteiger partial charge is 0.326 e. The number of nitrogen functional groups attached to an aromatic ring is 1. The van der Waals surface area contributed by atoms with E-state index in [2.05, 4.69) is 21.2 Å². The second-order valence-electron chi connectivity index (χ2n) is 3.77. The van der Waals surface area contributed by atoms with Crippen molar-refractivity contribution in [3.63, 3.8) is 0 Å². The van der Waals surface area contributed by atoms with E-state index in [1.807, 2.05) is 0 Å². The highest BCUT2D eigenvalue weighted by molar-refractivity contribution is 9.10. The largest absolute Gasteiger partial charge is 0.480 e. The lowest BCUT2D eigenvalue weighted by molar-refractivity contribution is -0.140. The Bertz CT molecular complexity index is 533. The van der Waals surface area contributed by atoms with Crippen molar-refractivity contribution in [1.82, 2.24) is 5.32 Å². The van der Waals surface area contributed by atoms with Gasteiger partial charge in [-0.1, -0.05) is 15.9 Å². The molecule has 1 aromatic rings. The van der Waals surface area contributed by atoms with Crippen LogP contribution in [0.3, 0.4) is 0 Å². The van der Waals surface area contributed by atoms with E-state index in [0.29, 0.717) is 4.47 Å². The topological polar surface area (TPSA) is 136 Å². The highest BCUT2D eigenvalue weighted by atomic mass is 79.9. The van der Waals surface area contributed by atoms with E-state index in [1.54, 1.807) is 6.07 Å². The first-order valence-corrected chi connectivity index (χ1v) is 5.97. The van der Waals surface area contributed by atoms with E-state index < -0.39 is 30.2 Å². The fourth-order valence-corrected chi connectivity index (χ4v) is 1.76. The number of primary amides is 1. The first kappa shape index (κ1) is 15.0. The number of carbonyl (C=O) groups is 3. The maximum atomic E-state index is 11.9. The number of nitrogens with two attached hydrogens (primary N) is 2. The average molecular weight is 330 g/mol. The molecule has 0 radical (unpaired) electrons. The van der Waals surface area contributed by atoms with Crippen LogP contribution in [-0.4, -0.2) is 28.9 Å². The van der Waals surface area contributed by atoms with Gasteiger partial charge in [0.2, 0.25) is 5.91 Å². The fraction of sp³-hybridized carbons (Fsp3) is 0.182. The molecule has 1 atom stereocenters. The van der Waals surface area contributed by atoms with Gasteiger partial charge in [0, 0.05) is 10.2 Å². The number of carbonyl (C=O) groups excluding carboxylic acids is 2. The van der Waals surface area contributed by atoms with Crippen molar-refractivity contribution in [3.8, 4) is 0 Å². The molecular weight excluding hydrogens is 318 g/mol. The van der Waals surface area contributed by atoms with Crippen LogP contribution in [0.15, 0.2) is 22.7 Å². The van der Waals surface area contributed by atoms with Gasteiger partial charge < -0.3 is 21.9 Å². The van der Waals surface area contributed by atoms with Crippen LogP contribution in [0.5, 0.6) is 0 Å². The van der Waals surface area contributed by atoms with Gasteiger partial charge in [-0.3, -0.25) is 9.59 Å². The lowest BCUT2D eigenvalue weighted by Crippen LogP contribution is -2.43. The van der Waals surface area contributed by atoms with Crippen LogP contribution in [-0.2, 0) is 9.59 Å². The fourth-order valence-electron chi connectivity index (χ4n) is 1.38. The second kappa shape index (κ2) is 6.19. The summed E-state index contributed by atoms with van der Waals surface area (Å²) < 4.78 is 0.688. The zero-order valence-electron chi connectivity index (χ0n) is 9.72. The van der Waals surface area contributed by atoms with Gasteiger partial charge >= 0.3 is 5.97 Å². The molecule has 0 fully saturated rings. The molecule has 0 saturated heterocycles. The Morgan fingerprint density at radius 1 is 1.37 bits per heavy atom. The molecule has 0 bridgehead atoms. The minimum atomic E-state index is -1.38. The standard InChI is InChI=1S/C11H12BrN3O4/c12-5-1-2-6(7(13)3-5)10(17)15-8(11(18)19)4-9(14)16/h1-3,8H,4,13H2,(H2,14,16)(H,15,17)(H,18,19). The second-order valence-corrected chi connectivity index (χ2v) is 4.68. The Morgan fingerprint density at radius 2 is 2.00 bits per heavy atom. The molecule has 0 saturated carbocycles. The molecule has 0 heterocycles. The average Bonchev–Trinajstić information content (AvgIpc) is 2.26. The van der Waals surface area contributed by atoms with Crippen LogP contribution >= 0.6 is 15.9 Å². The van der Waals surface area contributed by atoms with Crippen LogP contribution in [0.2, 0.25) is 0 Å². The number of carboxylic acid groups (broad SMARTS) is 1. The van der Waals surface area contributed by atoms with E-state index in [-0.39, 0.29) is 11.3 Å². The molecule has 1 unspecified atom stereocenters. The predicted octanol–water partition coefficient (Wildman–Crippen LogP) is 0.0897. The number of carboxylic acids is 1. The quantitative estimate of drug-likeness (QED) is 0.567. The van der Waals surface area contributed by atoms with Crippen molar-refractivity contribution < 1.29 is 19.5 Å². The van der Waals surface area contributed by atoms with Crippen LogP contribution in [0, 0.1) is 0 Å². The maximum absolute atomic E-state index is 11.9. The zero-order valence-corrected chi connectivity index (χ0v) is 11.3. The normalized spacial score (nSPS) is 11.6. The van der Waals surface area contributed by atoms with E-state index >= 15 is 0 Å². The first-order chi connectivity index (χ1) is 8.81. The number of anilines is 1. The van der Waals surface area contributed by atoms with E-state index in [4.69, 9.17) is 16.6 Å². The molecule has 8 heteroatoms. The van der Waals surface area contributed by atoms with Crippen molar-refractivity contribution in [3.05, 3.63) is 28.2 Å². The third-order valence-electron chi connectivity index (χ3n) is 2.27. The Morgan fingerprint density at radius 3 is 2.47 bits per heavy atom. The van der Waals surface area contributed by atoms with Crippen molar-refractivity contribution in [1.29, 1.82) is 0 Å². The summed E-state index contributed by atoms with van der Waals surface area (Å²) in [7, 11) is 0. The van der Waals surface area contributed by atoms with Crippen LogP contribution < -0.4 is 16.8 Å². The highest BCUT2D eigenvalue weighted by Gasteiger charge is 2.23. The summed E-state index contributed by atoms with van der Waals surface area (Å²) in [4.78, 5) is 33.5. The minimum Gasteiger partial charge on any atom is -0.480 e. The van der Waals surface area contributed by atoms with E-state index in [9.17, 15) is 14.4 Å². The van der Waals surface area contributed by atoms with Gasteiger partial charge in [0.05, 0.1) is 12.0 Å². The van der Waals surface area contributed by atoms with Gasteiger partial charge in [-0.15, -0.1) is 0 Å². The number of halogens is 1. The van der Waals surface area contributed by atoms with Crippen molar-refractivity contribution in [2.75, 3.05) is 5.73 Å². The van der Waals surface area contributed by atoms with Crippen molar-refractivity contribution >= 4 is 39.4 Å². The molecule has 0 aliphatic carbocycles. The maximum Gasteiger partial charge on any atom is 0.326 e. The summed E-state index contributed by atoms with van der Waals surface area (Å²) in [6, 6.07) is 3.17.